The zero-order valence-electron chi connectivity index (χ0n) is 10.4. The summed E-state index contributed by atoms with van der Waals surface area (Å²) in [6.07, 6.45) is 0.140. The summed E-state index contributed by atoms with van der Waals surface area (Å²) in [6, 6.07) is 0. The van der Waals surface area contributed by atoms with Crippen molar-refractivity contribution < 1.29 is 18.6 Å². The van der Waals surface area contributed by atoms with E-state index in [4.69, 9.17) is 9.84 Å². The first-order valence-electron chi connectivity index (χ1n) is 5.39. The van der Waals surface area contributed by atoms with Crippen LogP contribution < -0.4 is 0 Å². The number of aliphatic hydroxyl groups excluding tert-OH is 1. The molecule has 4 heteroatoms. The Labute approximate surface area is 91.6 Å². The SMILES string of the molecule is CC.CC(F)(F)CCCOC(C)(C)CO. The molecule has 94 valence electrons. The first kappa shape index (κ1) is 17.2. The molecule has 0 aliphatic heterocycles. The molecule has 0 aliphatic rings. The Bertz CT molecular complexity index is 142. The van der Waals surface area contributed by atoms with Gasteiger partial charge < -0.3 is 9.84 Å². The summed E-state index contributed by atoms with van der Waals surface area (Å²) in [5, 5.41) is 8.78. The van der Waals surface area contributed by atoms with E-state index >= 15 is 0 Å². The monoisotopic (exact) mass is 226 g/mol. The normalized spacial score (nSPS) is 12.0. The third kappa shape index (κ3) is 13.8. The van der Waals surface area contributed by atoms with Crippen molar-refractivity contribution in [2.45, 2.75) is 59.0 Å². The van der Waals surface area contributed by atoms with E-state index in [0.717, 1.165) is 6.92 Å². The lowest BCUT2D eigenvalue weighted by atomic mass is 10.1. The number of aliphatic hydroxyl groups is 1. The fourth-order valence-electron chi connectivity index (χ4n) is 0.777. The lowest BCUT2D eigenvalue weighted by Crippen LogP contribution is -2.29. The summed E-state index contributed by atoms with van der Waals surface area (Å²) in [5.41, 5.74) is -0.622. The van der Waals surface area contributed by atoms with Gasteiger partial charge in [-0.1, -0.05) is 13.8 Å². The van der Waals surface area contributed by atoms with E-state index in [0.29, 0.717) is 6.42 Å². The van der Waals surface area contributed by atoms with Gasteiger partial charge in [0.15, 0.2) is 0 Å². The predicted molar refractivity (Wildman–Crippen MR) is 58.3 cm³/mol. The summed E-state index contributed by atoms with van der Waals surface area (Å²) in [5.74, 6) is -2.62. The van der Waals surface area contributed by atoms with E-state index in [1.54, 1.807) is 13.8 Å². The highest BCUT2D eigenvalue weighted by molar-refractivity contribution is 4.66. The molecule has 0 saturated heterocycles. The van der Waals surface area contributed by atoms with Crippen LogP contribution >= 0.6 is 0 Å². The molecule has 0 aromatic rings. The van der Waals surface area contributed by atoms with Crippen LogP contribution in [0.3, 0.4) is 0 Å². The van der Waals surface area contributed by atoms with Crippen molar-refractivity contribution >= 4 is 0 Å². The lowest BCUT2D eigenvalue weighted by Gasteiger charge is -2.22. The molecule has 0 saturated carbocycles. The van der Waals surface area contributed by atoms with Crippen molar-refractivity contribution in [3.63, 3.8) is 0 Å². The standard InChI is InChI=1S/C9H18F2O2.C2H6/c1-8(2,7-12)13-6-4-5-9(3,10)11;1-2/h12H,4-7H2,1-3H3;1-2H3. The van der Waals surface area contributed by atoms with Gasteiger partial charge >= 0.3 is 0 Å². The smallest absolute Gasteiger partial charge is 0.245 e. The molecular weight excluding hydrogens is 202 g/mol. The van der Waals surface area contributed by atoms with Gasteiger partial charge in [0, 0.05) is 13.0 Å². The van der Waals surface area contributed by atoms with E-state index in [1.165, 1.54) is 0 Å². The summed E-state index contributed by atoms with van der Waals surface area (Å²) in [6.45, 7) is 8.49. The van der Waals surface area contributed by atoms with E-state index < -0.39 is 11.5 Å². The van der Waals surface area contributed by atoms with E-state index in [1.807, 2.05) is 13.8 Å². The molecule has 0 rings (SSSR count). The average Bonchev–Trinajstić information content (AvgIpc) is 2.15. The van der Waals surface area contributed by atoms with Crippen LogP contribution in [0.25, 0.3) is 0 Å². The second-order valence-corrected chi connectivity index (χ2v) is 3.94. The molecule has 0 spiro atoms. The first-order chi connectivity index (χ1) is 6.77. The summed E-state index contributed by atoms with van der Waals surface area (Å²) in [7, 11) is 0. The van der Waals surface area contributed by atoms with Gasteiger partial charge in [-0.2, -0.15) is 0 Å². The molecule has 0 radical (unpaired) electrons. The zero-order valence-corrected chi connectivity index (χ0v) is 10.4. The highest BCUT2D eigenvalue weighted by atomic mass is 19.3. The van der Waals surface area contributed by atoms with Crippen LogP contribution in [0.15, 0.2) is 0 Å². The molecule has 1 N–H and O–H groups in total. The lowest BCUT2D eigenvalue weighted by molar-refractivity contribution is -0.0641. The van der Waals surface area contributed by atoms with Crippen LogP contribution in [0.1, 0.15) is 47.5 Å². The van der Waals surface area contributed by atoms with Gasteiger partial charge in [-0.15, -0.1) is 0 Å². The summed E-state index contributed by atoms with van der Waals surface area (Å²) < 4.78 is 29.8. The van der Waals surface area contributed by atoms with Crippen LogP contribution in [0.4, 0.5) is 8.78 Å². The summed E-state index contributed by atoms with van der Waals surface area (Å²) in [4.78, 5) is 0. The molecule has 0 aromatic heterocycles. The van der Waals surface area contributed by atoms with Crippen molar-refractivity contribution in [2.24, 2.45) is 0 Å². The number of rotatable bonds is 6. The number of halogens is 2. The molecule has 2 nitrogen and oxygen atoms in total. The van der Waals surface area contributed by atoms with Crippen molar-refractivity contribution in [3.8, 4) is 0 Å². The minimum absolute atomic E-state index is 0.102. The Balaban J connectivity index is 0. The third-order valence-corrected chi connectivity index (χ3v) is 1.63. The highest BCUT2D eigenvalue weighted by Crippen LogP contribution is 2.19. The van der Waals surface area contributed by atoms with Crippen LogP contribution in [0, 0.1) is 0 Å². The van der Waals surface area contributed by atoms with Crippen molar-refractivity contribution in [2.75, 3.05) is 13.2 Å². The minimum Gasteiger partial charge on any atom is -0.393 e. The first-order valence-corrected chi connectivity index (χ1v) is 5.39. The average molecular weight is 226 g/mol. The molecule has 0 amide bonds. The third-order valence-electron chi connectivity index (χ3n) is 1.63. The quantitative estimate of drug-likeness (QED) is 0.704. The van der Waals surface area contributed by atoms with Crippen LogP contribution in [0.5, 0.6) is 0 Å². The molecule has 0 heterocycles. The molecule has 0 aliphatic carbocycles. The van der Waals surface area contributed by atoms with Gasteiger partial charge in [0.1, 0.15) is 0 Å². The van der Waals surface area contributed by atoms with Crippen molar-refractivity contribution in [1.82, 2.24) is 0 Å². The molecule has 0 bridgehead atoms. The maximum absolute atomic E-state index is 12.3. The highest BCUT2D eigenvalue weighted by Gasteiger charge is 2.21. The Hall–Kier alpha value is -0.220. The van der Waals surface area contributed by atoms with Gasteiger partial charge in [-0.25, -0.2) is 8.78 Å². The van der Waals surface area contributed by atoms with Crippen molar-refractivity contribution in [3.05, 3.63) is 0 Å². The van der Waals surface area contributed by atoms with Crippen LogP contribution in [0.2, 0.25) is 0 Å². The van der Waals surface area contributed by atoms with E-state index in [9.17, 15) is 8.78 Å². The second kappa shape index (κ2) is 7.99. The van der Waals surface area contributed by atoms with Gasteiger partial charge in [0.05, 0.1) is 12.2 Å². The number of ether oxygens (including phenoxy) is 1. The van der Waals surface area contributed by atoms with Gasteiger partial charge in [-0.3, -0.25) is 0 Å². The fraction of sp³-hybridized carbons (Fsp3) is 1.00. The molecule has 15 heavy (non-hydrogen) atoms. The van der Waals surface area contributed by atoms with Gasteiger partial charge in [-0.05, 0) is 27.2 Å². The predicted octanol–water partition coefficient (Wildman–Crippen LogP) is 3.24. The number of hydrogen-bond donors (Lipinski definition) is 1. The topological polar surface area (TPSA) is 29.5 Å². The van der Waals surface area contributed by atoms with Gasteiger partial charge in [0.25, 0.3) is 0 Å². The molecule has 0 unspecified atom stereocenters. The van der Waals surface area contributed by atoms with Crippen LogP contribution in [-0.2, 0) is 4.74 Å². The molecule has 0 fully saturated rings. The Morgan fingerprint density at radius 2 is 1.60 bits per heavy atom. The van der Waals surface area contributed by atoms with Crippen LogP contribution in [-0.4, -0.2) is 29.8 Å². The molecule has 0 aromatic carbocycles. The molecule has 0 atom stereocenters. The number of hydrogen-bond acceptors (Lipinski definition) is 2. The largest absolute Gasteiger partial charge is 0.393 e. The van der Waals surface area contributed by atoms with Gasteiger partial charge in [0.2, 0.25) is 5.92 Å². The fourth-order valence-corrected chi connectivity index (χ4v) is 0.777. The maximum atomic E-state index is 12.3. The number of alkyl halides is 2. The van der Waals surface area contributed by atoms with E-state index in [-0.39, 0.29) is 19.6 Å². The Morgan fingerprint density at radius 1 is 1.13 bits per heavy atom. The summed E-state index contributed by atoms with van der Waals surface area (Å²) >= 11 is 0. The molecular formula is C11H24F2O2. The zero-order chi connectivity index (χ0) is 12.5. The minimum atomic E-state index is -2.62. The second-order valence-electron chi connectivity index (χ2n) is 3.94. The van der Waals surface area contributed by atoms with E-state index in [2.05, 4.69) is 0 Å². The Morgan fingerprint density at radius 3 is 1.93 bits per heavy atom. The Kier molecular flexibility index (Phi) is 9.16. The maximum Gasteiger partial charge on any atom is 0.245 e. The van der Waals surface area contributed by atoms with Crippen molar-refractivity contribution in [1.29, 1.82) is 0 Å².